The summed E-state index contributed by atoms with van der Waals surface area (Å²) in [5, 5.41) is 31.8. The van der Waals surface area contributed by atoms with Gasteiger partial charge in [0.05, 0.1) is 18.8 Å². The number of ketones is 1. The summed E-state index contributed by atoms with van der Waals surface area (Å²) >= 11 is 0. The van der Waals surface area contributed by atoms with E-state index in [1.54, 1.807) is 0 Å². The first kappa shape index (κ1) is 18.0. The fourth-order valence-electron chi connectivity index (χ4n) is 2.43. The lowest BCUT2D eigenvalue weighted by molar-refractivity contribution is -0.196. The Hall–Kier alpha value is -1.02. The van der Waals surface area contributed by atoms with Gasteiger partial charge in [-0.05, 0) is 13.3 Å². The molecule has 122 valence electrons. The molecule has 0 spiro atoms. The Balaban J connectivity index is 2.78. The van der Waals surface area contributed by atoms with E-state index in [1.165, 1.54) is 6.92 Å². The maximum absolute atomic E-state index is 11.8. The predicted octanol–water partition coefficient (Wildman–Crippen LogP) is -0.878. The lowest BCUT2D eigenvalue weighted by Gasteiger charge is -2.42. The maximum atomic E-state index is 11.8. The van der Waals surface area contributed by atoms with Crippen molar-refractivity contribution in [3.8, 4) is 0 Å². The first-order chi connectivity index (χ1) is 9.90. The molecule has 0 saturated carbocycles. The van der Waals surface area contributed by atoms with Crippen LogP contribution in [0.25, 0.3) is 0 Å². The number of ether oxygens (including phenoxy) is 1. The Bertz CT molecular complexity index is 361. The number of aliphatic hydroxyl groups excluding tert-OH is 3. The third kappa shape index (κ3) is 5.03. The lowest BCUT2D eigenvalue weighted by Crippen LogP contribution is -2.64. The number of rotatable bonds is 7. The van der Waals surface area contributed by atoms with Crippen LogP contribution in [0, 0.1) is 0 Å². The SMILES string of the molecule is CCCCC(=O)N[C@@H]1[C@@H](O)[C@H](O)[C@@H](CO)O[C@H]1CC(C)=O. The molecule has 0 radical (unpaired) electrons. The molecular weight excluding hydrogens is 278 g/mol. The number of aliphatic hydroxyl groups is 3. The van der Waals surface area contributed by atoms with Crippen molar-refractivity contribution in [2.75, 3.05) is 6.61 Å². The molecule has 1 aliphatic heterocycles. The lowest BCUT2D eigenvalue weighted by atomic mass is 9.90. The van der Waals surface area contributed by atoms with E-state index in [1.807, 2.05) is 6.92 Å². The fourth-order valence-corrected chi connectivity index (χ4v) is 2.43. The van der Waals surface area contributed by atoms with Crippen molar-refractivity contribution >= 4 is 11.7 Å². The number of hydrogen-bond donors (Lipinski definition) is 4. The summed E-state index contributed by atoms with van der Waals surface area (Å²) in [4.78, 5) is 23.1. The van der Waals surface area contributed by atoms with E-state index < -0.39 is 37.1 Å². The average molecular weight is 303 g/mol. The Morgan fingerprint density at radius 3 is 2.38 bits per heavy atom. The second-order valence-electron chi connectivity index (χ2n) is 5.48. The van der Waals surface area contributed by atoms with Crippen molar-refractivity contribution in [1.29, 1.82) is 0 Å². The zero-order valence-electron chi connectivity index (χ0n) is 12.5. The molecule has 0 unspecified atom stereocenters. The van der Waals surface area contributed by atoms with Gasteiger partial charge in [0.25, 0.3) is 0 Å². The molecule has 1 rings (SSSR count). The Labute approximate surface area is 124 Å². The highest BCUT2D eigenvalue weighted by Gasteiger charge is 2.44. The molecule has 0 aromatic rings. The van der Waals surface area contributed by atoms with Gasteiger partial charge >= 0.3 is 0 Å². The smallest absolute Gasteiger partial charge is 0.220 e. The minimum Gasteiger partial charge on any atom is -0.394 e. The Kier molecular flexibility index (Phi) is 7.24. The molecule has 0 aliphatic carbocycles. The molecule has 5 atom stereocenters. The summed E-state index contributed by atoms with van der Waals surface area (Å²) in [6, 6.07) is -0.865. The number of carbonyl (C=O) groups is 2. The van der Waals surface area contributed by atoms with Gasteiger partial charge in [-0.3, -0.25) is 9.59 Å². The van der Waals surface area contributed by atoms with Crippen molar-refractivity contribution in [3.63, 3.8) is 0 Å². The third-order valence-corrected chi connectivity index (χ3v) is 3.60. The summed E-state index contributed by atoms with van der Waals surface area (Å²) in [5.41, 5.74) is 0. The van der Waals surface area contributed by atoms with E-state index in [0.29, 0.717) is 12.8 Å². The number of nitrogens with one attached hydrogen (secondary N) is 1. The molecule has 21 heavy (non-hydrogen) atoms. The highest BCUT2D eigenvalue weighted by Crippen LogP contribution is 2.23. The van der Waals surface area contributed by atoms with Gasteiger partial charge in [-0.15, -0.1) is 0 Å². The quantitative estimate of drug-likeness (QED) is 0.485. The normalized spacial score (nSPS) is 32.7. The molecule has 1 amide bonds. The van der Waals surface area contributed by atoms with Crippen molar-refractivity contribution in [1.82, 2.24) is 5.32 Å². The number of carbonyl (C=O) groups excluding carboxylic acids is 2. The molecule has 0 aromatic carbocycles. The monoisotopic (exact) mass is 303 g/mol. The third-order valence-electron chi connectivity index (χ3n) is 3.60. The van der Waals surface area contributed by atoms with Crippen LogP contribution < -0.4 is 5.32 Å². The zero-order chi connectivity index (χ0) is 16.0. The van der Waals surface area contributed by atoms with Crippen LogP contribution in [0.15, 0.2) is 0 Å². The fraction of sp³-hybridized carbons (Fsp3) is 0.857. The van der Waals surface area contributed by atoms with E-state index in [4.69, 9.17) is 9.84 Å². The minimum absolute atomic E-state index is 0.000988. The number of amides is 1. The van der Waals surface area contributed by atoms with Gasteiger partial charge < -0.3 is 25.4 Å². The van der Waals surface area contributed by atoms with Crippen LogP contribution >= 0.6 is 0 Å². The van der Waals surface area contributed by atoms with Crippen LogP contribution in [0.5, 0.6) is 0 Å². The largest absolute Gasteiger partial charge is 0.394 e. The van der Waals surface area contributed by atoms with Crippen molar-refractivity contribution in [3.05, 3.63) is 0 Å². The summed E-state index contributed by atoms with van der Waals surface area (Å²) < 4.78 is 5.45. The van der Waals surface area contributed by atoms with E-state index in [-0.39, 0.29) is 18.1 Å². The topological polar surface area (TPSA) is 116 Å². The molecular formula is C14H25NO6. The number of Topliss-reactive ketones (excluding diaryl/α,β-unsaturated/α-hetero) is 1. The molecule has 1 fully saturated rings. The number of unbranched alkanes of at least 4 members (excludes halogenated alkanes) is 1. The molecule has 1 saturated heterocycles. The van der Waals surface area contributed by atoms with Gasteiger partial charge in [0.1, 0.15) is 24.1 Å². The van der Waals surface area contributed by atoms with E-state index >= 15 is 0 Å². The highest BCUT2D eigenvalue weighted by molar-refractivity contribution is 5.78. The van der Waals surface area contributed by atoms with Gasteiger partial charge in [0, 0.05) is 12.8 Å². The van der Waals surface area contributed by atoms with Crippen LogP contribution in [0.4, 0.5) is 0 Å². The van der Waals surface area contributed by atoms with Crippen LogP contribution in [0.1, 0.15) is 39.5 Å². The molecule has 0 aromatic heterocycles. The highest BCUT2D eigenvalue weighted by atomic mass is 16.5. The van der Waals surface area contributed by atoms with Crippen LogP contribution in [-0.4, -0.2) is 64.1 Å². The van der Waals surface area contributed by atoms with Crippen molar-refractivity contribution in [2.24, 2.45) is 0 Å². The first-order valence-electron chi connectivity index (χ1n) is 7.31. The van der Waals surface area contributed by atoms with Crippen LogP contribution in [-0.2, 0) is 14.3 Å². The summed E-state index contributed by atoms with van der Waals surface area (Å²) in [7, 11) is 0. The maximum Gasteiger partial charge on any atom is 0.220 e. The molecule has 7 heteroatoms. The van der Waals surface area contributed by atoms with Gasteiger partial charge in [0.15, 0.2) is 0 Å². The molecule has 7 nitrogen and oxygen atoms in total. The molecule has 1 heterocycles. The average Bonchev–Trinajstić information content (AvgIpc) is 2.43. The van der Waals surface area contributed by atoms with Crippen molar-refractivity contribution in [2.45, 2.75) is 70.0 Å². The van der Waals surface area contributed by atoms with Gasteiger partial charge in [-0.25, -0.2) is 0 Å². The predicted molar refractivity (Wildman–Crippen MR) is 74.5 cm³/mol. The second-order valence-corrected chi connectivity index (χ2v) is 5.48. The van der Waals surface area contributed by atoms with Crippen LogP contribution in [0.2, 0.25) is 0 Å². The van der Waals surface area contributed by atoms with Crippen LogP contribution in [0.3, 0.4) is 0 Å². The second kappa shape index (κ2) is 8.43. The standard InChI is InChI=1S/C14H25NO6/c1-3-4-5-11(18)15-12-9(6-8(2)17)21-10(7-16)13(19)14(12)20/h9-10,12-14,16,19-20H,3-7H2,1-2H3,(H,15,18)/t9-,10+,12-,13+,14+/m0/s1. The zero-order valence-corrected chi connectivity index (χ0v) is 12.5. The number of hydrogen-bond acceptors (Lipinski definition) is 6. The minimum atomic E-state index is -1.31. The Morgan fingerprint density at radius 2 is 1.86 bits per heavy atom. The van der Waals surface area contributed by atoms with E-state index in [2.05, 4.69) is 5.32 Å². The Morgan fingerprint density at radius 1 is 1.19 bits per heavy atom. The van der Waals surface area contributed by atoms with Gasteiger partial charge in [-0.2, -0.15) is 0 Å². The first-order valence-corrected chi connectivity index (χ1v) is 7.31. The summed E-state index contributed by atoms with van der Waals surface area (Å²) in [5.74, 6) is -0.416. The van der Waals surface area contributed by atoms with E-state index in [0.717, 1.165) is 6.42 Å². The van der Waals surface area contributed by atoms with Crippen molar-refractivity contribution < 1.29 is 29.6 Å². The summed E-state index contributed by atoms with van der Waals surface area (Å²) in [6.07, 6.45) is -2.43. The van der Waals surface area contributed by atoms with Gasteiger partial charge in [0.2, 0.25) is 5.91 Å². The van der Waals surface area contributed by atoms with Gasteiger partial charge in [-0.1, -0.05) is 13.3 Å². The molecule has 4 N–H and O–H groups in total. The molecule has 0 bridgehead atoms. The summed E-state index contributed by atoms with van der Waals surface area (Å²) in [6.45, 7) is 2.87. The molecule has 1 aliphatic rings. The van der Waals surface area contributed by atoms with E-state index in [9.17, 15) is 19.8 Å².